The summed E-state index contributed by atoms with van der Waals surface area (Å²) in [5.74, 6) is -0.402. The van der Waals surface area contributed by atoms with Crippen LogP contribution in [0.2, 0.25) is 0 Å². The fourth-order valence-electron chi connectivity index (χ4n) is 1.70. The maximum atomic E-state index is 11.9. The number of carbonyl (C=O) groups excluding carboxylic acids is 2. The van der Waals surface area contributed by atoms with E-state index < -0.39 is 0 Å². The van der Waals surface area contributed by atoms with Crippen molar-refractivity contribution in [3.63, 3.8) is 0 Å². The summed E-state index contributed by atoms with van der Waals surface area (Å²) in [6.07, 6.45) is 5.54. The van der Waals surface area contributed by atoms with Crippen LogP contribution in [0.5, 0.6) is 0 Å². The van der Waals surface area contributed by atoms with E-state index in [1.165, 1.54) is 12.3 Å². The summed E-state index contributed by atoms with van der Waals surface area (Å²) in [4.78, 5) is 27.7. The summed E-state index contributed by atoms with van der Waals surface area (Å²) in [5.41, 5.74) is 0.748. The molecule has 110 valence electrons. The van der Waals surface area contributed by atoms with E-state index in [2.05, 4.69) is 22.5 Å². The van der Waals surface area contributed by atoms with Crippen LogP contribution in [0.4, 0.5) is 0 Å². The van der Waals surface area contributed by atoms with Crippen molar-refractivity contribution in [3.05, 3.63) is 29.6 Å². The number of amides is 2. The average Bonchev–Trinajstić information content (AvgIpc) is 2.49. The highest BCUT2D eigenvalue weighted by atomic mass is 16.2. The number of hydrogen-bond donors (Lipinski definition) is 2. The van der Waals surface area contributed by atoms with Crippen molar-refractivity contribution in [1.82, 2.24) is 15.6 Å². The maximum Gasteiger partial charge on any atom is 0.269 e. The molecule has 0 atom stereocenters. The predicted molar refractivity (Wildman–Crippen MR) is 78.7 cm³/mol. The Morgan fingerprint density at radius 3 is 2.50 bits per heavy atom. The van der Waals surface area contributed by atoms with Crippen LogP contribution in [0.15, 0.2) is 18.3 Å². The van der Waals surface area contributed by atoms with Crippen molar-refractivity contribution in [2.24, 2.45) is 0 Å². The quantitative estimate of drug-likeness (QED) is 0.715. The van der Waals surface area contributed by atoms with E-state index in [9.17, 15) is 9.59 Å². The van der Waals surface area contributed by atoms with Crippen LogP contribution in [-0.4, -0.2) is 29.9 Å². The third-order valence-electron chi connectivity index (χ3n) is 2.86. The van der Waals surface area contributed by atoms with Gasteiger partial charge in [-0.25, -0.2) is 0 Å². The van der Waals surface area contributed by atoms with Crippen LogP contribution >= 0.6 is 0 Å². The van der Waals surface area contributed by atoms with E-state index in [-0.39, 0.29) is 17.5 Å². The molecule has 2 amide bonds. The minimum Gasteiger partial charge on any atom is -0.352 e. The summed E-state index contributed by atoms with van der Waals surface area (Å²) in [6, 6.07) is 3.14. The lowest BCUT2D eigenvalue weighted by molar-refractivity contribution is 0.0948. The Kier molecular flexibility index (Phi) is 7.32. The molecule has 0 spiro atoms. The first kappa shape index (κ1) is 16.1. The van der Waals surface area contributed by atoms with Crippen molar-refractivity contribution < 1.29 is 9.59 Å². The van der Waals surface area contributed by atoms with Gasteiger partial charge in [0.05, 0.1) is 0 Å². The normalized spacial score (nSPS) is 10.1. The predicted octanol–water partition coefficient (Wildman–Crippen LogP) is 2.14. The van der Waals surface area contributed by atoms with E-state index in [0.29, 0.717) is 18.7 Å². The number of pyridine rings is 1. The number of nitrogens with zero attached hydrogens (tertiary/aromatic N) is 1. The second kappa shape index (κ2) is 9.07. The fourth-order valence-corrected chi connectivity index (χ4v) is 1.70. The summed E-state index contributed by atoms with van der Waals surface area (Å²) in [6.45, 7) is 5.36. The summed E-state index contributed by atoms with van der Waals surface area (Å²) >= 11 is 0. The Morgan fingerprint density at radius 1 is 1.05 bits per heavy atom. The molecule has 0 unspecified atom stereocenters. The molecule has 0 fully saturated rings. The van der Waals surface area contributed by atoms with E-state index in [1.54, 1.807) is 6.07 Å². The van der Waals surface area contributed by atoms with E-state index in [4.69, 9.17) is 0 Å². The highest BCUT2D eigenvalue weighted by Crippen LogP contribution is 2.02. The number of aromatic nitrogens is 1. The highest BCUT2D eigenvalue weighted by Gasteiger charge is 2.10. The second-order valence-corrected chi connectivity index (χ2v) is 4.65. The minimum absolute atomic E-state index is 0.159. The lowest BCUT2D eigenvalue weighted by atomic mass is 10.2. The Morgan fingerprint density at radius 2 is 1.80 bits per heavy atom. The van der Waals surface area contributed by atoms with Crippen molar-refractivity contribution in [2.75, 3.05) is 13.1 Å². The first-order valence-corrected chi connectivity index (χ1v) is 7.21. The van der Waals surface area contributed by atoms with Gasteiger partial charge in [0.1, 0.15) is 5.69 Å². The van der Waals surface area contributed by atoms with Crippen LogP contribution in [0.25, 0.3) is 0 Å². The van der Waals surface area contributed by atoms with Gasteiger partial charge in [-0.3, -0.25) is 14.6 Å². The van der Waals surface area contributed by atoms with E-state index in [0.717, 1.165) is 25.7 Å². The molecule has 0 aliphatic carbocycles. The topological polar surface area (TPSA) is 71.1 Å². The lowest BCUT2D eigenvalue weighted by Crippen LogP contribution is -2.27. The van der Waals surface area contributed by atoms with E-state index >= 15 is 0 Å². The molecule has 1 aromatic rings. The molecule has 0 saturated heterocycles. The van der Waals surface area contributed by atoms with Gasteiger partial charge in [0, 0.05) is 24.8 Å². The van der Waals surface area contributed by atoms with Gasteiger partial charge in [-0.2, -0.15) is 0 Å². The molecule has 0 radical (unpaired) electrons. The van der Waals surface area contributed by atoms with Gasteiger partial charge >= 0.3 is 0 Å². The molecular formula is C15H23N3O2. The molecule has 0 bridgehead atoms. The number of carbonyl (C=O) groups is 2. The molecule has 0 saturated carbocycles. The van der Waals surface area contributed by atoms with Crippen molar-refractivity contribution in [1.29, 1.82) is 0 Å². The number of unbranched alkanes of at least 4 members (excludes halogenated alkanes) is 2. The zero-order chi connectivity index (χ0) is 14.8. The van der Waals surface area contributed by atoms with Gasteiger partial charge in [0.15, 0.2) is 0 Å². The van der Waals surface area contributed by atoms with Crippen LogP contribution in [0.3, 0.4) is 0 Å². The maximum absolute atomic E-state index is 11.9. The largest absolute Gasteiger partial charge is 0.352 e. The molecule has 2 N–H and O–H groups in total. The number of hydrogen-bond acceptors (Lipinski definition) is 3. The lowest BCUT2D eigenvalue weighted by Gasteiger charge is -2.06. The van der Waals surface area contributed by atoms with Gasteiger partial charge in [-0.15, -0.1) is 0 Å². The summed E-state index contributed by atoms with van der Waals surface area (Å²) in [5, 5.41) is 5.59. The molecule has 0 aromatic carbocycles. The molecule has 0 aliphatic heterocycles. The molecule has 1 rings (SSSR count). The zero-order valence-electron chi connectivity index (χ0n) is 12.2. The Hall–Kier alpha value is -1.91. The fraction of sp³-hybridized carbons (Fsp3) is 0.533. The Labute approximate surface area is 120 Å². The number of nitrogens with one attached hydrogen (secondary N) is 2. The first-order chi connectivity index (χ1) is 9.69. The van der Waals surface area contributed by atoms with Gasteiger partial charge in [0.25, 0.3) is 11.8 Å². The molecular weight excluding hydrogens is 254 g/mol. The highest BCUT2D eigenvalue weighted by molar-refractivity contribution is 5.98. The number of rotatable bonds is 8. The van der Waals surface area contributed by atoms with Crippen LogP contribution in [-0.2, 0) is 0 Å². The molecule has 5 nitrogen and oxygen atoms in total. The van der Waals surface area contributed by atoms with Crippen molar-refractivity contribution in [3.8, 4) is 0 Å². The SMILES string of the molecule is CCCCCNC(=O)c1ccnc(C(=O)NCCC)c1. The third kappa shape index (κ3) is 5.38. The second-order valence-electron chi connectivity index (χ2n) is 4.65. The first-order valence-electron chi connectivity index (χ1n) is 7.21. The Balaban J connectivity index is 2.58. The van der Waals surface area contributed by atoms with Crippen molar-refractivity contribution >= 4 is 11.8 Å². The standard InChI is InChI=1S/C15H23N3O2/c1-3-5-6-9-18-14(19)12-7-10-16-13(11-12)15(20)17-8-4-2/h7,10-11H,3-6,8-9H2,1-2H3,(H,17,20)(H,18,19). The minimum atomic E-state index is -0.243. The zero-order valence-corrected chi connectivity index (χ0v) is 12.2. The monoisotopic (exact) mass is 277 g/mol. The summed E-state index contributed by atoms with van der Waals surface area (Å²) in [7, 11) is 0. The Bertz CT molecular complexity index is 446. The van der Waals surface area contributed by atoms with Crippen LogP contribution in [0, 0.1) is 0 Å². The van der Waals surface area contributed by atoms with Gasteiger partial charge < -0.3 is 10.6 Å². The molecule has 1 aromatic heterocycles. The van der Waals surface area contributed by atoms with Crippen LogP contribution in [0.1, 0.15) is 60.4 Å². The molecule has 5 heteroatoms. The average molecular weight is 277 g/mol. The van der Waals surface area contributed by atoms with Gasteiger partial charge in [-0.05, 0) is 25.0 Å². The third-order valence-corrected chi connectivity index (χ3v) is 2.86. The van der Waals surface area contributed by atoms with Crippen molar-refractivity contribution in [2.45, 2.75) is 39.5 Å². The molecule has 20 heavy (non-hydrogen) atoms. The van der Waals surface area contributed by atoms with Gasteiger partial charge in [-0.1, -0.05) is 26.7 Å². The van der Waals surface area contributed by atoms with Gasteiger partial charge in [0.2, 0.25) is 0 Å². The smallest absolute Gasteiger partial charge is 0.269 e. The van der Waals surface area contributed by atoms with E-state index in [1.807, 2.05) is 6.92 Å². The molecule has 0 aliphatic rings. The molecule has 1 heterocycles. The van der Waals surface area contributed by atoms with Crippen LogP contribution < -0.4 is 10.6 Å². The summed E-state index contributed by atoms with van der Waals surface area (Å²) < 4.78 is 0.